The van der Waals surface area contributed by atoms with Gasteiger partial charge in [-0.05, 0) is 43.0 Å². The molecule has 2 nitrogen and oxygen atoms in total. The number of rotatable bonds is 7. The highest BCUT2D eigenvalue weighted by Gasteiger charge is 2.12. The fraction of sp³-hybridized carbons (Fsp3) is 0.368. The van der Waals surface area contributed by atoms with Crippen LogP contribution < -0.4 is 10.1 Å². The molecule has 0 spiro atoms. The first-order valence-electron chi connectivity index (χ1n) is 7.66. The molecule has 0 aromatic heterocycles. The van der Waals surface area contributed by atoms with E-state index in [1.54, 1.807) is 7.11 Å². The van der Waals surface area contributed by atoms with Crippen LogP contribution in [0, 0.1) is 0 Å². The molecule has 0 aliphatic rings. The van der Waals surface area contributed by atoms with Gasteiger partial charge in [0, 0.05) is 12.1 Å². The second kappa shape index (κ2) is 7.84. The van der Waals surface area contributed by atoms with E-state index in [4.69, 9.17) is 4.74 Å². The molecule has 2 rings (SSSR count). The molecule has 0 fully saturated rings. The second-order valence-electron chi connectivity index (χ2n) is 5.46. The zero-order chi connectivity index (χ0) is 15.1. The zero-order valence-electron chi connectivity index (χ0n) is 13.2. The van der Waals surface area contributed by atoms with Crippen molar-refractivity contribution in [1.29, 1.82) is 0 Å². The lowest BCUT2D eigenvalue weighted by Crippen LogP contribution is -2.32. The summed E-state index contributed by atoms with van der Waals surface area (Å²) in [5, 5.41) is 3.73. The third kappa shape index (κ3) is 4.61. The van der Waals surface area contributed by atoms with Crippen molar-refractivity contribution in [3.63, 3.8) is 0 Å². The predicted molar refractivity (Wildman–Crippen MR) is 88.8 cm³/mol. The highest BCUT2D eigenvalue weighted by molar-refractivity contribution is 5.29. The Morgan fingerprint density at radius 1 is 1.00 bits per heavy atom. The van der Waals surface area contributed by atoms with Crippen LogP contribution in [0.5, 0.6) is 5.75 Å². The van der Waals surface area contributed by atoms with E-state index in [0.29, 0.717) is 12.1 Å². The maximum Gasteiger partial charge on any atom is 0.118 e. The highest BCUT2D eigenvalue weighted by Crippen LogP contribution is 2.19. The van der Waals surface area contributed by atoms with Crippen LogP contribution >= 0.6 is 0 Å². The molecule has 1 N–H and O–H groups in total. The van der Waals surface area contributed by atoms with Crippen LogP contribution in [0.25, 0.3) is 0 Å². The minimum atomic E-state index is 0.338. The summed E-state index contributed by atoms with van der Waals surface area (Å²) in [6.45, 7) is 4.46. The Hall–Kier alpha value is -1.80. The molecule has 0 amide bonds. The Bertz CT molecular complexity index is 521. The summed E-state index contributed by atoms with van der Waals surface area (Å²) in [4.78, 5) is 0. The number of benzene rings is 2. The third-order valence-corrected chi connectivity index (χ3v) is 3.92. The van der Waals surface area contributed by atoms with Gasteiger partial charge in [-0.25, -0.2) is 0 Å². The van der Waals surface area contributed by atoms with Crippen LogP contribution in [-0.2, 0) is 6.42 Å². The molecule has 0 saturated heterocycles. The van der Waals surface area contributed by atoms with Gasteiger partial charge in [-0.1, -0.05) is 49.4 Å². The molecule has 2 heteroatoms. The molecule has 0 radical (unpaired) electrons. The van der Waals surface area contributed by atoms with Gasteiger partial charge < -0.3 is 10.1 Å². The van der Waals surface area contributed by atoms with Crippen molar-refractivity contribution < 1.29 is 4.74 Å². The monoisotopic (exact) mass is 283 g/mol. The SMILES string of the molecule is CCC(Cc1ccccc1)NC(C)c1ccc(OC)cc1. The van der Waals surface area contributed by atoms with Gasteiger partial charge in [0.2, 0.25) is 0 Å². The smallest absolute Gasteiger partial charge is 0.118 e. The molecular weight excluding hydrogens is 258 g/mol. The van der Waals surface area contributed by atoms with Gasteiger partial charge in [0.1, 0.15) is 5.75 Å². The Labute approximate surface area is 128 Å². The van der Waals surface area contributed by atoms with Crippen molar-refractivity contribution in [2.24, 2.45) is 0 Å². The fourth-order valence-electron chi connectivity index (χ4n) is 2.56. The van der Waals surface area contributed by atoms with Crippen molar-refractivity contribution in [3.05, 3.63) is 65.7 Å². The lowest BCUT2D eigenvalue weighted by atomic mass is 10.0. The molecule has 0 aliphatic carbocycles. The van der Waals surface area contributed by atoms with Crippen molar-refractivity contribution in [2.75, 3.05) is 7.11 Å². The lowest BCUT2D eigenvalue weighted by Gasteiger charge is -2.23. The van der Waals surface area contributed by atoms with Crippen molar-refractivity contribution in [3.8, 4) is 5.75 Å². The fourth-order valence-corrected chi connectivity index (χ4v) is 2.56. The summed E-state index contributed by atoms with van der Waals surface area (Å²) in [5.41, 5.74) is 2.68. The van der Waals surface area contributed by atoms with Crippen LogP contribution in [0.15, 0.2) is 54.6 Å². The molecule has 0 heterocycles. The van der Waals surface area contributed by atoms with Gasteiger partial charge in [0.25, 0.3) is 0 Å². The molecule has 112 valence electrons. The van der Waals surface area contributed by atoms with E-state index in [0.717, 1.165) is 18.6 Å². The number of methoxy groups -OCH3 is 1. The number of hydrogen-bond acceptors (Lipinski definition) is 2. The first-order chi connectivity index (χ1) is 10.2. The molecule has 0 aliphatic heterocycles. The van der Waals surface area contributed by atoms with Crippen LogP contribution in [0.2, 0.25) is 0 Å². The topological polar surface area (TPSA) is 21.3 Å². The van der Waals surface area contributed by atoms with E-state index in [2.05, 4.69) is 61.6 Å². The van der Waals surface area contributed by atoms with Crippen molar-refractivity contribution >= 4 is 0 Å². The minimum absolute atomic E-state index is 0.338. The summed E-state index contributed by atoms with van der Waals surface area (Å²) in [6, 6.07) is 19.8. The number of hydrogen-bond donors (Lipinski definition) is 1. The van der Waals surface area contributed by atoms with E-state index in [9.17, 15) is 0 Å². The summed E-state index contributed by atoms with van der Waals surface area (Å²) in [7, 11) is 1.70. The molecule has 2 aromatic carbocycles. The van der Waals surface area contributed by atoms with Gasteiger partial charge in [-0.2, -0.15) is 0 Å². The highest BCUT2D eigenvalue weighted by atomic mass is 16.5. The summed E-state index contributed by atoms with van der Waals surface area (Å²) in [5.74, 6) is 0.905. The zero-order valence-corrected chi connectivity index (χ0v) is 13.2. The summed E-state index contributed by atoms with van der Waals surface area (Å²) < 4.78 is 5.21. The Morgan fingerprint density at radius 3 is 2.24 bits per heavy atom. The summed E-state index contributed by atoms with van der Waals surface area (Å²) in [6.07, 6.45) is 2.19. The van der Waals surface area contributed by atoms with E-state index < -0.39 is 0 Å². The van der Waals surface area contributed by atoms with Crippen molar-refractivity contribution in [1.82, 2.24) is 5.32 Å². The van der Waals surface area contributed by atoms with E-state index in [1.165, 1.54) is 11.1 Å². The first kappa shape index (κ1) is 15.6. The maximum atomic E-state index is 5.21. The molecule has 2 atom stereocenters. The van der Waals surface area contributed by atoms with Crippen LogP contribution in [0.3, 0.4) is 0 Å². The Balaban J connectivity index is 1.96. The van der Waals surface area contributed by atoms with Gasteiger partial charge >= 0.3 is 0 Å². The van der Waals surface area contributed by atoms with Crippen molar-refractivity contribution in [2.45, 2.75) is 38.8 Å². The second-order valence-corrected chi connectivity index (χ2v) is 5.46. The van der Waals surface area contributed by atoms with Gasteiger partial charge in [0.15, 0.2) is 0 Å². The molecule has 0 bridgehead atoms. The lowest BCUT2D eigenvalue weighted by molar-refractivity contribution is 0.413. The van der Waals surface area contributed by atoms with Gasteiger partial charge in [-0.3, -0.25) is 0 Å². The Kier molecular flexibility index (Phi) is 5.82. The van der Waals surface area contributed by atoms with E-state index in [-0.39, 0.29) is 0 Å². The van der Waals surface area contributed by atoms with Gasteiger partial charge in [-0.15, -0.1) is 0 Å². The minimum Gasteiger partial charge on any atom is -0.497 e. The average molecular weight is 283 g/mol. The molecule has 2 unspecified atom stereocenters. The largest absolute Gasteiger partial charge is 0.497 e. The van der Waals surface area contributed by atoms with Crippen LogP contribution in [-0.4, -0.2) is 13.2 Å². The van der Waals surface area contributed by atoms with Crippen LogP contribution in [0.1, 0.15) is 37.4 Å². The van der Waals surface area contributed by atoms with Gasteiger partial charge in [0.05, 0.1) is 7.11 Å². The molecule has 21 heavy (non-hydrogen) atoms. The Morgan fingerprint density at radius 2 is 1.67 bits per heavy atom. The third-order valence-electron chi connectivity index (χ3n) is 3.92. The molecule has 0 saturated carbocycles. The van der Waals surface area contributed by atoms with Crippen LogP contribution in [0.4, 0.5) is 0 Å². The quantitative estimate of drug-likeness (QED) is 0.815. The van der Waals surface area contributed by atoms with E-state index in [1.807, 2.05) is 12.1 Å². The number of ether oxygens (including phenoxy) is 1. The summed E-state index contributed by atoms with van der Waals surface area (Å²) >= 11 is 0. The average Bonchev–Trinajstić information content (AvgIpc) is 2.55. The maximum absolute atomic E-state index is 5.21. The number of nitrogens with one attached hydrogen (secondary N) is 1. The molecular formula is C19H25NO. The van der Waals surface area contributed by atoms with E-state index >= 15 is 0 Å². The first-order valence-corrected chi connectivity index (χ1v) is 7.66. The standard InChI is InChI=1S/C19H25NO/c1-4-18(14-16-8-6-5-7-9-16)20-15(2)17-10-12-19(21-3)13-11-17/h5-13,15,18,20H,4,14H2,1-3H3. The normalized spacial score (nSPS) is 13.7. The molecule has 2 aromatic rings. The predicted octanol–water partition coefficient (Wildman–Crippen LogP) is 4.37.